The number of anilines is 1. The van der Waals surface area contributed by atoms with Gasteiger partial charge in [-0.25, -0.2) is 4.79 Å². The van der Waals surface area contributed by atoms with Gasteiger partial charge in [0.25, 0.3) is 5.91 Å². The maximum atomic E-state index is 11.9. The lowest BCUT2D eigenvalue weighted by Gasteiger charge is -2.09. The minimum Gasteiger partial charge on any atom is -0.356 e. The molecular weight excluding hydrogens is 372 g/mol. The average molecular weight is 394 g/mol. The number of carbonyl (C=O) groups is 4. The first kappa shape index (κ1) is 20.1. The van der Waals surface area contributed by atoms with Crippen LogP contribution in [0.15, 0.2) is 48.5 Å². The summed E-state index contributed by atoms with van der Waals surface area (Å²) in [5.74, 6) is -0.891. The third-order valence-electron chi connectivity index (χ3n) is 4.45. The lowest BCUT2D eigenvalue weighted by Crippen LogP contribution is -2.36. The van der Waals surface area contributed by atoms with E-state index in [1.807, 2.05) is 48.5 Å². The SMILES string of the molecule is CC(=O)Nc1cccc(-c2ccc(CCNC(=O)CC3NC(=O)NC3=O)cc2)c1. The molecule has 8 nitrogen and oxygen atoms in total. The van der Waals surface area contributed by atoms with Crippen LogP contribution in [0.4, 0.5) is 10.5 Å². The Balaban J connectivity index is 1.49. The molecule has 8 heteroatoms. The molecule has 1 heterocycles. The van der Waals surface area contributed by atoms with Crippen LogP contribution in [0, 0.1) is 0 Å². The van der Waals surface area contributed by atoms with Crippen molar-refractivity contribution in [3.8, 4) is 11.1 Å². The summed E-state index contributed by atoms with van der Waals surface area (Å²) in [6.45, 7) is 1.90. The highest BCUT2D eigenvalue weighted by Gasteiger charge is 2.30. The minimum absolute atomic E-state index is 0.0822. The molecule has 1 unspecified atom stereocenters. The molecule has 0 saturated carbocycles. The second kappa shape index (κ2) is 9.01. The number of carbonyl (C=O) groups excluding carboxylic acids is 4. The number of nitrogens with one attached hydrogen (secondary N) is 4. The van der Waals surface area contributed by atoms with Gasteiger partial charge in [0.15, 0.2) is 0 Å². The van der Waals surface area contributed by atoms with Gasteiger partial charge in [-0.05, 0) is 35.2 Å². The molecule has 29 heavy (non-hydrogen) atoms. The Labute approximate surface area is 168 Å². The molecule has 0 spiro atoms. The van der Waals surface area contributed by atoms with Crippen LogP contribution in [0.25, 0.3) is 11.1 Å². The largest absolute Gasteiger partial charge is 0.356 e. The molecule has 1 aliphatic rings. The van der Waals surface area contributed by atoms with Crippen LogP contribution in [-0.2, 0) is 20.8 Å². The molecule has 2 aromatic rings. The Morgan fingerprint density at radius 2 is 1.79 bits per heavy atom. The molecule has 0 radical (unpaired) electrons. The van der Waals surface area contributed by atoms with E-state index in [2.05, 4.69) is 21.3 Å². The Bertz CT molecular complexity index is 940. The number of hydrogen-bond acceptors (Lipinski definition) is 4. The van der Waals surface area contributed by atoms with Gasteiger partial charge >= 0.3 is 6.03 Å². The second-order valence-corrected chi connectivity index (χ2v) is 6.78. The molecule has 1 aliphatic heterocycles. The summed E-state index contributed by atoms with van der Waals surface area (Å²) in [5.41, 5.74) is 3.81. The zero-order valence-corrected chi connectivity index (χ0v) is 16.0. The summed E-state index contributed by atoms with van der Waals surface area (Å²) < 4.78 is 0. The minimum atomic E-state index is -0.810. The van der Waals surface area contributed by atoms with Gasteiger partial charge in [0.1, 0.15) is 6.04 Å². The van der Waals surface area contributed by atoms with E-state index in [1.54, 1.807) is 0 Å². The summed E-state index contributed by atoms with van der Waals surface area (Å²) in [6, 6.07) is 14.2. The summed E-state index contributed by atoms with van der Waals surface area (Å²) in [5, 5.41) is 10.0. The van der Waals surface area contributed by atoms with E-state index in [0.717, 1.165) is 22.4 Å². The van der Waals surface area contributed by atoms with Gasteiger partial charge in [0.2, 0.25) is 11.8 Å². The van der Waals surface area contributed by atoms with Crippen LogP contribution in [0.1, 0.15) is 18.9 Å². The smallest absolute Gasteiger partial charge is 0.322 e. The normalized spacial score (nSPS) is 15.4. The molecule has 5 amide bonds. The van der Waals surface area contributed by atoms with E-state index in [1.165, 1.54) is 6.92 Å². The predicted molar refractivity (Wildman–Crippen MR) is 108 cm³/mol. The molecule has 4 N–H and O–H groups in total. The monoisotopic (exact) mass is 394 g/mol. The van der Waals surface area contributed by atoms with Crippen molar-refractivity contribution in [2.24, 2.45) is 0 Å². The van der Waals surface area contributed by atoms with E-state index < -0.39 is 18.0 Å². The Morgan fingerprint density at radius 3 is 2.45 bits per heavy atom. The van der Waals surface area contributed by atoms with Crippen LogP contribution in [0.5, 0.6) is 0 Å². The van der Waals surface area contributed by atoms with Crippen LogP contribution in [0.2, 0.25) is 0 Å². The van der Waals surface area contributed by atoms with Crippen molar-refractivity contribution in [2.75, 3.05) is 11.9 Å². The van der Waals surface area contributed by atoms with Gasteiger partial charge in [0.05, 0.1) is 6.42 Å². The number of imide groups is 1. The number of hydrogen-bond donors (Lipinski definition) is 4. The lowest BCUT2D eigenvalue weighted by atomic mass is 10.0. The van der Waals surface area contributed by atoms with Gasteiger partial charge in [-0.1, -0.05) is 36.4 Å². The van der Waals surface area contributed by atoms with Crippen molar-refractivity contribution in [1.29, 1.82) is 0 Å². The van der Waals surface area contributed by atoms with Gasteiger partial charge in [-0.15, -0.1) is 0 Å². The van der Waals surface area contributed by atoms with Crippen LogP contribution < -0.4 is 21.3 Å². The third-order valence-corrected chi connectivity index (χ3v) is 4.45. The fourth-order valence-electron chi connectivity index (χ4n) is 3.05. The van der Waals surface area contributed by atoms with E-state index in [0.29, 0.717) is 13.0 Å². The Morgan fingerprint density at radius 1 is 1.03 bits per heavy atom. The zero-order valence-electron chi connectivity index (χ0n) is 16.0. The predicted octanol–water partition coefficient (Wildman–Crippen LogP) is 1.57. The first-order valence-electron chi connectivity index (χ1n) is 9.26. The zero-order chi connectivity index (χ0) is 20.8. The summed E-state index contributed by atoms with van der Waals surface area (Å²) in [6.07, 6.45) is 0.558. The molecule has 2 aromatic carbocycles. The van der Waals surface area contributed by atoms with Crippen molar-refractivity contribution in [3.05, 3.63) is 54.1 Å². The molecule has 3 rings (SSSR count). The van der Waals surface area contributed by atoms with Crippen LogP contribution >= 0.6 is 0 Å². The maximum Gasteiger partial charge on any atom is 0.322 e. The van der Waals surface area contributed by atoms with E-state index in [9.17, 15) is 19.2 Å². The quantitative estimate of drug-likeness (QED) is 0.533. The number of benzene rings is 2. The molecule has 1 saturated heterocycles. The van der Waals surface area contributed by atoms with Crippen molar-refractivity contribution < 1.29 is 19.2 Å². The van der Waals surface area contributed by atoms with Crippen molar-refractivity contribution >= 4 is 29.4 Å². The first-order chi connectivity index (χ1) is 13.9. The highest BCUT2D eigenvalue weighted by Crippen LogP contribution is 2.23. The van der Waals surface area contributed by atoms with Crippen molar-refractivity contribution in [1.82, 2.24) is 16.0 Å². The topological polar surface area (TPSA) is 116 Å². The Kier molecular flexibility index (Phi) is 6.23. The molecule has 1 fully saturated rings. The highest BCUT2D eigenvalue weighted by atomic mass is 16.2. The van der Waals surface area contributed by atoms with Crippen molar-refractivity contribution in [2.45, 2.75) is 25.8 Å². The molecule has 1 atom stereocenters. The molecule has 0 aromatic heterocycles. The number of rotatable bonds is 7. The summed E-state index contributed by atoms with van der Waals surface area (Å²) >= 11 is 0. The highest BCUT2D eigenvalue weighted by molar-refractivity contribution is 6.05. The van der Waals surface area contributed by atoms with E-state index >= 15 is 0 Å². The average Bonchev–Trinajstić information content (AvgIpc) is 2.99. The van der Waals surface area contributed by atoms with Crippen LogP contribution in [0.3, 0.4) is 0 Å². The van der Waals surface area contributed by atoms with Gasteiger partial charge in [-0.3, -0.25) is 19.7 Å². The molecule has 150 valence electrons. The molecule has 0 aliphatic carbocycles. The lowest BCUT2D eigenvalue weighted by molar-refractivity contribution is -0.126. The standard InChI is InChI=1S/C21H22N4O4/c1-13(26)23-17-4-2-3-16(11-17)15-7-5-14(6-8-15)9-10-22-19(27)12-18-20(28)25-21(29)24-18/h2-8,11,18H,9-10,12H2,1H3,(H,22,27)(H,23,26)(H2,24,25,28,29). The molecular formula is C21H22N4O4. The van der Waals surface area contributed by atoms with E-state index in [4.69, 9.17) is 0 Å². The Hall–Kier alpha value is -3.68. The van der Waals surface area contributed by atoms with E-state index in [-0.39, 0.29) is 18.2 Å². The second-order valence-electron chi connectivity index (χ2n) is 6.78. The van der Waals surface area contributed by atoms with Gasteiger partial charge in [-0.2, -0.15) is 0 Å². The third kappa shape index (κ3) is 5.65. The number of urea groups is 1. The van der Waals surface area contributed by atoms with Crippen LogP contribution in [-0.4, -0.2) is 36.3 Å². The molecule has 0 bridgehead atoms. The fraction of sp³-hybridized carbons (Fsp3) is 0.238. The van der Waals surface area contributed by atoms with Gasteiger partial charge < -0.3 is 16.0 Å². The summed E-state index contributed by atoms with van der Waals surface area (Å²) in [4.78, 5) is 45.6. The maximum absolute atomic E-state index is 11.9. The summed E-state index contributed by atoms with van der Waals surface area (Å²) in [7, 11) is 0. The number of amides is 5. The fourth-order valence-corrected chi connectivity index (χ4v) is 3.05. The first-order valence-corrected chi connectivity index (χ1v) is 9.26. The van der Waals surface area contributed by atoms with Gasteiger partial charge in [0, 0.05) is 19.2 Å². The van der Waals surface area contributed by atoms with Crippen molar-refractivity contribution in [3.63, 3.8) is 0 Å².